The van der Waals surface area contributed by atoms with E-state index in [1.165, 1.54) is 6.07 Å². The molecule has 0 aliphatic carbocycles. The second-order valence-electron chi connectivity index (χ2n) is 7.92. The van der Waals surface area contributed by atoms with Crippen LogP contribution in [0.2, 0.25) is 0 Å². The highest BCUT2D eigenvalue weighted by atomic mass is 32.2. The smallest absolute Gasteiger partial charge is 0.251 e. The van der Waals surface area contributed by atoms with E-state index in [9.17, 15) is 13.4 Å². The molecule has 0 saturated heterocycles. The molecule has 1 aromatic heterocycles. The van der Waals surface area contributed by atoms with E-state index in [-0.39, 0.29) is 11.7 Å². The maximum atomic E-state index is 14.1. The molecule has 0 spiro atoms. The third-order valence-electron chi connectivity index (χ3n) is 5.82. The highest BCUT2D eigenvalue weighted by Gasteiger charge is 2.14. The summed E-state index contributed by atoms with van der Waals surface area (Å²) < 4.78 is 28.6. The fraction of sp³-hybridized carbons (Fsp3) is 0.192. The van der Waals surface area contributed by atoms with Gasteiger partial charge in [-0.15, -0.1) is 0 Å². The van der Waals surface area contributed by atoms with Gasteiger partial charge in [0.1, 0.15) is 16.8 Å². The Balaban J connectivity index is 1.41. The SMILES string of the molecule is CNS(=O)c1ccc(-c2ccc(C(=O)NCCc3c(C)[nH]c4c(F)ccc(C)c34)cc2)cc1. The summed E-state index contributed by atoms with van der Waals surface area (Å²) in [7, 11) is 0.434. The highest BCUT2D eigenvalue weighted by Crippen LogP contribution is 2.28. The molecule has 33 heavy (non-hydrogen) atoms. The number of H-pyrrole nitrogens is 1. The molecular weight excluding hydrogens is 437 g/mol. The first-order chi connectivity index (χ1) is 15.9. The average molecular weight is 464 g/mol. The summed E-state index contributed by atoms with van der Waals surface area (Å²) in [5.41, 5.74) is 6.01. The number of aromatic nitrogens is 1. The van der Waals surface area contributed by atoms with Crippen LogP contribution < -0.4 is 10.0 Å². The van der Waals surface area contributed by atoms with Crippen molar-refractivity contribution in [1.29, 1.82) is 0 Å². The molecule has 0 fully saturated rings. The van der Waals surface area contributed by atoms with E-state index in [1.54, 1.807) is 25.2 Å². The van der Waals surface area contributed by atoms with Crippen molar-refractivity contribution in [2.75, 3.05) is 13.6 Å². The molecule has 0 radical (unpaired) electrons. The maximum absolute atomic E-state index is 14.1. The first-order valence-electron chi connectivity index (χ1n) is 10.7. The lowest BCUT2D eigenvalue weighted by Gasteiger charge is -2.08. The predicted octanol–water partition coefficient (Wildman–Crippen LogP) is 4.81. The number of carbonyl (C=O) groups excluding carboxylic acids is 1. The van der Waals surface area contributed by atoms with Gasteiger partial charge >= 0.3 is 0 Å². The number of rotatable bonds is 7. The number of aryl methyl sites for hydroxylation is 2. The van der Waals surface area contributed by atoms with Gasteiger partial charge in [0.2, 0.25) is 0 Å². The molecule has 1 heterocycles. The number of benzene rings is 3. The van der Waals surface area contributed by atoms with Gasteiger partial charge < -0.3 is 10.3 Å². The summed E-state index contributed by atoms with van der Waals surface area (Å²) in [6.45, 7) is 4.35. The van der Waals surface area contributed by atoms with E-state index in [1.807, 2.05) is 50.2 Å². The van der Waals surface area contributed by atoms with Crippen molar-refractivity contribution >= 4 is 27.8 Å². The van der Waals surface area contributed by atoms with Crippen LogP contribution in [0.3, 0.4) is 0 Å². The molecule has 0 bridgehead atoms. The number of hydrogen-bond donors (Lipinski definition) is 3. The zero-order chi connectivity index (χ0) is 23.5. The Morgan fingerprint density at radius 1 is 0.970 bits per heavy atom. The Kier molecular flexibility index (Phi) is 6.72. The van der Waals surface area contributed by atoms with Crippen LogP contribution in [0.15, 0.2) is 65.6 Å². The molecule has 1 unspecified atom stereocenters. The Bertz CT molecular complexity index is 1330. The van der Waals surface area contributed by atoms with Crippen molar-refractivity contribution in [2.45, 2.75) is 25.2 Å². The number of carbonyl (C=O) groups is 1. The first-order valence-corrected chi connectivity index (χ1v) is 11.9. The third kappa shape index (κ3) is 4.74. The van der Waals surface area contributed by atoms with Crippen LogP contribution in [-0.2, 0) is 17.4 Å². The molecule has 4 rings (SSSR count). The van der Waals surface area contributed by atoms with Crippen LogP contribution in [0.1, 0.15) is 27.2 Å². The van der Waals surface area contributed by atoms with Gasteiger partial charge in [0.25, 0.3) is 5.91 Å². The van der Waals surface area contributed by atoms with Crippen LogP contribution in [0.4, 0.5) is 4.39 Å². The minimum Gasteiger partial charge on any atom is -0.356 e. The van der Waals surface area contributed by atoms with Crippen molar-refractivity contribution in [3.63, 3.8) is 0 Å². The third-order valence-corrected chi connectivity index (χ3v) is 6.90. The van der Waals surface area contributed by atoms with Crippen LogP contribution in [0.25, 0.3) is 22.0 Å². The van der Waals surface area contributed by atoms with Gasteiger partial charge in [0.15, 0.2) is 0 Å². The summed E-state index contributed by atoms with van der Waals surface area (Å²) in [6, 6.07) is 18.1. The average Bonchev–Trinajstić information content (AvgIpc) is 3.18. The number of aromatic amines is 1. The normalized spacial score (nSPS) is 12.1. The second kappa shape index (κ2) is 9.68. The number of hydrogen-bond acceptors (Lipinski definition) is 2. The van der Waals surface area contributed by atoms with Gasteiger partial charge in [-0.1, -0.05) is 30.3 Å². The standard InChI is InChI=1S/C26H26FN3O2S/c1-16-4-13-23(27)25-24(16)22(17(2)30-25)14-15-29-26(31)20-7-5-18(6-8-20)19-9-11-21(12-10-19)33(32)28-3/h4-13,28,30H,14-15H2,1-3H3,(H,29,31). The summed E-state index contributed by atoms with van der Waals surface area (Å²) >= 11 is 0. The zero-order valence-corrected chi connectivity index (χ0v) is 19.6. The van der Waals surface area contributed by atoms with E-state index in [2.05, 4.69) is 15.0 Å². The minimum absolute atomic E-state index is 0.151. The molecule has 3 aromatic carbocycles. The largest absolute Gasteiger partial charge is 0.356 e. The predicted molar refractivity (Wildman–Crippen MR) is 131 cm³/mol. The molecular formula is C26H26FN3O2S. The number of halogens is 1. The van der Waals surface area contributed by atoms with Crippen LogP contribution >= 0.6 is 0 Å². The monoisotopic (exact) mass is 463 g/mol. The van der Waals surface area contributed by atoms with E-state index >= 15 is 0 Å². The zero-order valence-electron chi connectivity index (χ0n) is 18.8. The summed E-state index contributed by atoms with van der Waals surface area (Å²) in [5, 5.41) is 3.86. The van der Waals surface area contributed by atoms with Gasteiger partial charge in [-0.25, -0.2) is 13.3 Å². The number of amides is 1. The van der Waals surface area contributed by atoms with Crippen LogP contribution in [0, 0.1) is 19.7 Å². The molecule has 5 nitrogen and oxygen atoms in total. The van der Waals surface area contributed by atoms with E-state index in [0.717, 1.165) is 33.3 Å². The van der Waals surface area contributed by atoms with E-state index in [0.29, 0.717) is 28.9 Å². The second-order valence-corrected chi connectivity index (χ2v) is 9.34. The Hall–Kier alpha value is -3.29. The molecule has 1 amide bonds. The quantitative estimate of drug-likeness (QED) is 0.368. The number of nitrogens with one attached hydrogen (secondary N) is 3. The minimum atomic E-state index is -1.22. The van der Waals surface area contributed by atoms with Crippen LogP contribution in [0.5, 0.6) is 0 Å². The maximum Gasteiger partial charge on any atom is 0.251 e. The topological polar surface area (TPSA) is 74.0 Å². The van der Waals surface area contributed by atoms with Crippen molar-refractivity contribution in [3.8, 4) is 11.1 Å². The first kappa shape index (κ1) is 22.9. The molecule has 0 aliphatic rings. The van der Waals surface area contributed by atoms with Crippen LogP contribution in [-0.4, -0.2) is 28.7 Å². The summed E-state index contributed by atoms with van der Waals surface area (Å²) in [5.74, 6) is -0.416. The summed E-state index contributed by atoms with van der Waals surface area (Å²) in [4.78, 5) is 16.5. The number of fused-ring (bicyclic) bond motifs is 1. The highest BCUT2D eigenvalue weighted by molar-refractivity contribution is 7.83. The lowest BCUT2D eigenvalue weighted by atomic mass is 10.0. The van der Waals surface area contributed by atoms with E-state index in [4.69, 9.17) is 0 Å². The Labute approximate surface area is 195 Å². The van der Waals surface area contributed by atoms with Crippen molar-refractivity contribution in [2.24, 2.45) is 0 Å². The van der Waals surface area contributed by atoms with Crippen molar-refractivity contribution < 1.29 is 13.4 Å². The molecule has 0 saturated carbocycles. The van der Waals surface area contributed by atoms with Gasteiger partial charge in [-0.05, 0) is 79.9 Å². The van der Waals surface area contributed by atoms with Gasteiger partial charge in [-0.2, -0.15) is 0 Å². The summed E-state index contributed by atoms with van der Waals surface area (Å²) in [6.07, 6.45) is 0.611. The van der Waals surface area contributed by atoms with Crippen molar-refractivity contribution in [1.82, 2.24) is 15.0 Å². The van der Waals surface area contributed by atoms with E-state index < -0.39 is 11.0 Å². The fourth-order valence-corrected chi connectivity index (χ4v) is 4.68. The van der Waals surface area contributed by atoms with Gasteiger partial charge in [0, 0.05) is 23.2 Å². The molecule has 3 N–H and O–H groups in total. The lowest BCUT2D eigenvalue weighted by Crippen LogP contribution is -2.25. The molecule has 1 atom stereocenters. The molecule has 4 aromatic rings. The lowest BCUT2D eigenvalue weighted by molar-refractivity contribution is 0.0954. The molecule has 0 aliphatic heterocycles. The fourth-order valence-electron chi connectivity index (χ4n) is 4.06. The van der Waals surface area contributed by atoms with Crippen molar-refractivity contribution in [3.05, 3.63) is 88.9 Å². The Morgan fingerprint density at radius 3 is 2.24 bits per heavy atom. The molecule has 7 heteroatoms. The molecule has 170 valence electrons. The van der Waals surface area contributed by atoms with Gasteiger partial charge in [0.05, 0.1) is 10.4 Å². The Morgan fingerprint density at radius 2 is 1.61 bits per heavy atom. The van der Waals surface area contributed by atoms with Gasteiger partial charge in [-0.3, -0.25) is 4.79 Å².